The molecule has 1 unspecified atom stereocenters. The third-order valence-corrected chi connectivity index (χ3v) is 8.92. The van der Waals surface area contributed by atoms with E-state index in [1.165, 1.54) is 12.1 Å². The number of nitrogens with zero attached hydrogens (tertiary/aromatic N) is 1. The molecule has 2 fully saturated rings. The second-order valence-corrected chi connectivity index (χ2v) is 11.4. The van der Waals surface area contributed by atoms with Gasteiger partial charge in [0.15, 0.2) is 11.6 Å². The summed E-state index contributed by atoms with van der Waals surface area (Å²) >= 11 is 6.16. The molecule has 2 heterocycles. The van der Waals surface area contributed by atoms with Crippen molar-refractivity contribution in [3.8, 4) is 11.5 Å². The molecule has 5 rings (SSSR count). The van der Waals surface area contributed by atoms with E-state index in [1.807, 2.05) is 13.0 Å². The molecule has 9 heteroatoms. The molecular formula is C29H33ClF3NO4. The lowest BCUT2D eigenvalue weighted by Crippen LogP contribution is -2.50. The molecule has 2 aromatic rings. The second kappa shape index (κ2) is 10.6. The predicted molar refractivity (Wildman–Crippen MR) is 138 cm³/mol. The van der Waals surface area contributed by atoms with Crippen molar-refractivity contribution in [3.05, 3.63) is 57.9 Å². The topological polar surface area (TPSA) is 59.0 Å². The Morgan fingerprint density at radius 1 is 1.13 bits per heavy atom. The summed E-state index contributed by atoms with van der Waals surface area (Å²) in [7, 11) is 0. The van der Waals surface area contributed by atoms with Crippen LogP contribution in [0.4, 0.5) is 13.2 Å². The minimum Gasteiger partial charge on any atom is -0.484 e. The van der Waals surface area contributed by atoms with E-state index in [0.717, 1.165) is 24.8 Å². The fourth-order valence-corrected chi connectivity index (χ4v) is 6.44. The molecule has 0 radical (unpaired) electrons. The number of fused-ring (bicyclic) bond motifs is 1. The van der Waals surface area contributed by atoms with Gasteiger partial charge in [0.1, 0.15) is 11.4 Å². The van der Waals surface area contributed by atoms with Gasteiger partial charge in [-0.15, -0.1) is 0 Å². The molecule has 38 heavy (non-hydrogen) atoms. The Hall–Kier alpha value is -2.45. The van der Waals surface area contributed by atoms with E-state index < -0.39 is 29.9 Å². The van der Waals surface area contributed by atoms with Crippen LogP contribution in [0.1, 0.15) is 74.6 Å². The molecule has 1 N–H and O–H groups in total. The first-order valence-corrected chi connectivity index (χ1v) is 13.7. The van der Waals surface area contributed by atoms with Crippen molar-refractivity contribution in [2.75, 3.05) is 13.1 Å². The van der Waals surface area contributed by atoms with Crippen LogP contribution in [-0.2, 0) is 11.2 Å². The van der Waals surface area contributed by atoms with Gasteiger partial charge in [-0.05, 0) is 80.7 Å². The molecule has 3 atom stereocenters. The van der Waals surface area contributed by atoms with Crippen LogP contribution < -0.4 is 9.47 Å². The van der Waals surface area contributed by atoms with Gasteiger partial charge >= 0.3 is 12.6 Å². The highest BCUT2D eigenvalue weighted by atomic mass is 35.5. The van der Waals surface area contributed by atoms with Crippen molar-refractivity contribution in [1.29, 1.82) is 0 Å². The number of rotatable bonds is 8. The number of carboxylic acids is 1. The highest BCUT2D eigenvalue weighted by Gasteiger charge is 2.44. The van der Waals surface area contributed by atoms with Gasteiger partial charge in [0.05, 0.1) is 5.92 Å². The SMILES string of the molecule is CC(c1cc(Cl)ccc1OC(F)F)N1CCC2(CCc3ccc([C@H](C4CC4)[C@H](C)C(=O)O)c(F)c3O2)CC1. The van der Waals surface area contributed by atoms with Crippen LogP contribution >= 0.6 is 11.6 Å². The van der Waals surface area contributed by atoms with Gasteiger partial charge in [0, 0.05) is 35.6 Å². The zero-order valence-electron chi connectivity index (χ0n) is 21.6. The molecule has 0 amide bonds. The number of carbonyl (C=O) groups is 1. The number of hydrogen-bond acceptors (Lipinski definition) is 4. The fourth-order valence-electron chi connectivity index (χ4n) is 6.26. The van der Waals surface area contributed by atoms with E-state index in [1.54, 1.807) is 19.1 Å². The zero-order chi connectivity index (χ0) is 27.2. The summed E-state index contributed by atoms with van der Waals surface area (Å²) in [5.74, 6) is -1.83. The Morgan fingerprint density at radius 2 is 1.84 bits per heavy atom. The van der Waals surface area contributed by atoms with Crippen LogP contribution in [-0.4, -0.2) is 41.3 Å². The molecule has 1 aliphatic carbocycles. The lowest BCUT2D eigenvalue weighted by Gasteiger charge is -2.46. The number of alkyl halides is 2. The number of ether oxygens (including phenoxy) is 2. The van der Waals surface area contributed by atoms with Crippen molar-refractivity contribution in [1.82, 2.24) is 4.90 Å². The first-order chi connectivity index (χ1) is 18.1. The maximum Gasteiger partial charge on any atom is 0.387 e. The molecule has 206 valence electrons. The highest BCUT2D eigenvalue weighted by molar-refractivity contribution is 6.30. The summed E-state index contributed by atoms with van der Waals surface area (Å²) in [6.07, 6.45) is 4.58. The van der Waals surface area contributed by atoms with Crippen LogP contribution in [0.2, 0.25) is 5.02 Å². The first kappa shape index (κ1) is 27.1. The fraction of sp³-hybridized carbons (Fsp3) is 0.552. The van der Waals surface area contributed by atoms with Crippen LogP contribution in [0.3, 0.4) is 0 Å². The molecule has 1 spiro atoms. The summed E-state index contributed by atoms with van der Waals surface area (Å²) in [5, 5.41) is 10.1. The number of halogens is 4. The maximum atomic E-state index is 16.0. The number of hydrogen-bond donors (Lipinski definition) is 1. The Morgan fingerprint density at radius 3 is 2.47 bits per heavy atom. The average molecular weight is 552 g/mol. The Labute approximate surface area is 225 Å². The van der Waals surface area contributed by atoms with E-state index in [-0.39, 0.29) is 29.4 Å². The van der Waals surface area contributed by atoms with Gasteiger partial charge in [-0.25, -0.2) is 4.39 Å². The van der Waals surface area contributed by atoms with E-state index in [2.05, 4.69) is 4.90 Å². The zero-order valence-corrected chi connectivity index (χ0v) is 22.3. The predicted octanol–water partition coefficient (Wildman–Crippen LogP) is 7.22. The standard InChI is InChI=1S/C29H33ClF3NO4/c1-16(27(35)36)24(18-3-4-18)21-7-5-19-9-10-29(38-26(19)25(21)31)11-13-34(14-12-29)17(2)22-15-20(30)6-8-23(22)37-28(32)33/h5-8,15-18,24,28H,3-4,9-14H2,1-2H3,(H,35,36)/t16-,17?,24-/m0/s1. The molecular weight excluding hydrogens is 519 g/mol. The number of piperidine rings is 1. The minimum absolute atomic E-state index is 0.107. The van der Waals surface area contributed by atoms with Crippen molar-refractivity contribution in [2.24, 2.45) is 11.8 Å². The average Bonchev–Trinajstić information content (AvgIpc) is 3.72. The van der Waals surface area contributed by atoms with Gasteiger partial charge < -0.3 is 14.6 Å². The number of likely N-dealkylation sites (tertiary alicyclic amines) is 1. The second-order valence-electron chi connectivity index (χ2n) is 11.0. The van der Waals surface area contributed by atoms with Crippen molar-refractivity contribution in [2.45, 2.75) is 76.5 Å². The molecule has 1 saturated carbocycles. The van der Waals surface area contributed by atoms with Crippen molar-refractivity contribution >= 4 is 17.6 Å². The Balaban J connectivity index is 1.33. The third kappa shape index (κ3) is 5.34. The van der Waals surface area contributed by atoms with E-state index in [4.69, 9.17) is 21.1 Å². The molecule has 0 aromatic heterocycles. The molecule has 3 aliphatic rings. The lowest BCUT2D eigenvalue weighted by atomic mass is 9.79. The number of aryl methyl sites for hydroxylation is 1. The highest BCUT2D eigenvalue weighted by Crippen LogP contribution is 2.50. The van der Waals surface area contributed by atoms with Gasteiger partial charge in [-0.1, -0.05) is 30.7 Å². The largest absolute Gasteiger partial charge is 0.484 e. The van der Waals surface area contributed by atoms with Gasteiger partial charge in [0.2, 0.25) is 0 Å². The quantitative estimate of drug-likeness (QED) is 0.375. The monoisotopic (exact) mass is 551 g/mol. The van der Waals surface area contributed by atoms with Crippen LogP contribution in [0, 0.1) is 17.7 Å². The molecule has 0 bridgehead atoms. The van der Waals surface area contributed by atoms with E-state index in [9.17, 15) is 18.7 Å². The van der Waals surface area contributed by atoms with Gasteiger partial charge in [0.25, 0.3) is 0 Å². The third-order valence-electron chi connectivity index (χ3n) is 8.69. The first-order valence-electron chi connectivity index (χ1n) is 13.3. The lowest BCUT2D eigenvalue weighted by molar-refractivity contribution is -0.142. The summed E-state index contributed by atoms with van der Waals surface area (Å²) in [5.41, 5.74) is 1.33. The Kier molecular flexibility index (Phi) is 7.57. The molecule has 5 nitrogen and oxygen atoms in total. The normalized spacial score (nSPS) is 21.4. The number of carboxylic acid groups (broad SMARTS) is 1. The van der Waals surface area contributed by atoms with Crippen LogP contribution in [0.5, 0.6) is 11.5 Å². The summed E-state index contributed by atoms with van der Waals surface area (Å²) in [4.78, 5) is 13.9. The van der Waals surface area contributed by atoms with Crippen molar-refractivity contribution < 1.29 is 32.5 Å². The minimum atomic E-state index is -2.93. The number of aliphatic carboxylic acids is 1. The van der Waals surface area contributed by atoms with Gasteiger partial charge in [-0.2, -0.15) is 8.78 Å². The summed E-state index contributed by atoms with van der Waals surface area (Å²) < 4.78 is 53.1. The van der Waals surface area contributed by atoms with E-state index in [0.29, 0.717) is 48.5 Å². The molecule has 2 aliphatic heterocycles. The van der Waals surface area contributed by atoms with Gasteiger partial charge in [-0.3, -0.25) is 9.69 Å². The molecule has 2 aromatic carbocycles. The van der Waals surface area contributed by atoms with Crippen LogP contribution in [0.15, 0.2) is 30.3 Å². The Bertz CT molecular complexity index is 1200. The smallest absolute Gasteiger partial charge is 0.387 e. The molecule has 1 saturated heterocycles. The maximum absolute atomic E-state index is 16.0. The van der Waals surface area contributed by atoms with Crippen molar-refractivity contribution in [3.63, 3.8) is 0 Å². The van der Waals surface area contributed by atoms with Crippen LogP contribution in [0.25, 0.3) is 0 Å². The summed E-state index contributed by atoms with van der Waals surface area (Å²) in [6.45, 7) is 1.94. The van der Waals surface area contributed by atoms with E-state index >= 15 is 4.39 Å². The summed E-state index contributed by atoms with van der Waals surface area (Å²) in [6, 6.07) is 8.09. The number of benzene rings is 2.